The van der Waals surface area contributed by atoms with E-state index in [1.54, 1.807) is 0 Å². The zero-order chi connectivity index (χ0) is 13.1. The number of carbonyl (C=O) groups is 1. The number of rotatable bonds is 5. The monoisotopic (exact) mass is 239 g/mol. The minimum Gasteiger partial charge on any atom is -0.339 e. The number of hydrogen-bond acceptors (Lipinski definition) is 5. The van der Waals surface area contributed by atoms with E-state index in [0.29, 0.717) is 11.8 Å². The number of carbonyl (C=O) groups excluding carboxylic acids is 1. The van der Waals surface area contributed by atoms with Gasteiger partial charge in [-0.1, -0.05) is 20.8 Å². The Morgan fingerprint density at radius 2 is 1.88 bits per heavy atom. The second-order valence-corrected chi connectivity index (χ2v) is 5.01. The van der Waals surface area contributed by atoms with E-state index in [2.05, 4.69) is 10.1 Å². The first-order chi connectivity index (χ1) is 7.88. The molecule has 5 heteroatoms. The summed E-state index contributed by atoms with van der Waals surface area (Å²) in [7, 11) is 0. The van der Waals surface area contributed by atoms with Crippen LogP contribution in [-0.2, 0) is 11.2 Å². The van der Waals surface area contributed by atoms with Gasteiger partial charge in [-0.3, -0.25) is 4.79 Å². The number of anilines is 1. The summed E-state index contributed by atoms with van der Waals surface area (Å²) in [6.07, 6.45) is 0.206. The summed E-state index contributed by atoms with van der Waals surface area (Å²) in [6.45, 7) is 11.4. The minimum absolute atomic E-state index is 0.104. The van der Waals surface area contributed by atoms with Gasteiger partial charge in [0.25, 0.3) is 5.95 Å². The fraction of sp³-hybridized carbons (Fsp3) is 0.750. The number of hydrogen-bond donors (Lipinski definition) is 0. The van der Waals surface area contributed by atoms with Gasteiger partial charge in [0.1, 0.15) is 5.78 Å². The highest BCUT2D eigenvalue weighted by Crippen LogP contribution is 2.18. The topological polar surface area (TPSA) is 59.2 Å². The third-order valence-electron chi connectivity index (χ3n) is 2.65. The van der Waals surface area contributed by atoms with Crippen molar-refractivity contribution in [3.63, 3.8) is 0 Å². The van der Waals surface area contributed by atoms with E-state index in [9.17, 15) is 4.79 Å². The maximum absolute atomic E-state index is 11.8. The molecule has 0 spiro atoms. The molecule has 1 aromatic rings. The predicted molar refractivity (Wildman–Crippen MR) is 66.0 cm³/mol. The molecular formula is C12H21N3O2. The molecule has 0 aliphatic carbocycles. The van der Waals surface area contributed by atoms with Crippen molar-refractivity contribution < 1.29 is 9.32 Å². The van der Waals surface area contributed by atoms with Crippen molar-refractivity contribution in [1.82, 2.24) is 10.1 Å². The number of nitrogens with zero attached hydrogens (tertiary/aromatic N) is 3. The Balaban J connectivity index is 2.72. The van der Waals surface area contributed by atoms with E-state index in [0.717, 1.165) is 13.1 Å². The van der Waals surface area contributed by atoms with Crippen LogP contribution in [0.25, 0.3) is 0 Å². The zero-order valence-corrected chi connectivity index (χ0v) is 11.3. The normalized spacial score (nSPS) is 11.6. The van der Waals surface area contributed by atoms with E-state index in [1.807, 2.05) is 39.5 Å². The molecule has 0 saturated carbocycles. The number of Topliss-reactive ketones (excluding diaryl/α,β-unsaturated/α-hetero) is 1. The molecule has 17 heavy (non-hydrogen) atoms. The van der Waals surface area contributed by atoms with Crippen molar-refractivity contribution in [1.29, 1.82) is 0 Å². The summed E-state index contributed by atoms with van der Waals surface area (Å²) in [6, 6.07) is 0. The minimum atomic E-state index is -0.371. The van der Waals surface area contributed by atoms with Gasteiger partial charge < -0.3 is 9.42 Å². The predicted octanol–water partition coefficient (Wildman–Crippen LogP) is 2.07. The summed E-state index contributed by atoms with van der Waals surface area (Å²) < 4.78 is 5.09. The van der Waals surface area contributed by atoms with Gasteiger partial charge in [-0.15, -0.1) is 0 Å². The lowest BCUT2D eigenvalue weighted by Gasteiger charge is -2.15. The summed E-state index contributed by atoms with van der Waals surface area (Å²) in [5.74, 6) is 1.06. The molecule has 0 unspecified atom stereocenters. The average Bonchev–Trinajstić information content (AvgIpc) is 2.67. The van der Waals surface area contributed by atoms with Crippen LogP contribution in [0, 0.1) is 5.41 Å². The third-order valence-corrected chi connectivity index (χ3v) is 2.65. The van der Waals surface area contributed by atoms with Crippen LogP contribution < -0.4 is 4.90 Å². The van der Waals surface area contributed by atoms with Crippen LogP contribution >= 0.6 is 0 Å². The van der Waals surface area contributed by atoms with Crippen LogP contribution in [-0.4, -0.2) is 29.0 Å². The molecule has 0 radical (unpaired) electrons. The Bertz CT molecular complexity index is 375. The van der Waals surface area contributed by atoms with E-state index < -0.39 is 0 Å². The molecule has 5 nitrogen and oxygen atoms in total. The number of aromatic nitrogens is 2. The third kappa shape index (κ3) is 3.54. The molecule has 0 N–H and O–H groups in total. The van der Waals surface area contributed by atoms with Gasteiger partial charge in [0, 0.05) is 18.5 Å². The average molecular weight is 239 g/mol. The van der Waals surface area contributed by atoms with Crippen molar-refractivity contribution in [3.8, 4) is 0 Å². The lowest BCUT2D eigenvalue weighted by Crippen LogP contribution is -2.24. The molecule has 96 valence electrons. The second kappa shape index (κ2) is 5.29. The summed E-state index contributed by atoms with van der Waals surface area (Å²) in [5.41, 5.74) is -0.371. The molecule has 0 fully saturated rings. The molecule has 0 atom stereocenters. The molecular weight excluding hydrogens is 218 g/mol. The lowest BCUT2D eigenvalue weighted by atomic mass is 9.89. The lowest BCUT2D eigenvalue weighted by molar-refractivity contribution is -0.125. The highest BCUT2D eigenvalue weighted by Gasteiger charge is 2.24. The largest absolute Gasteiger partial charge is 0.339 e. The quantitative estimate of drug-likeness (QED) is 0.787. The maximum atomic E-state index is 11.8. The molecule has 0 aliphatic rings. The standard InChI is InChI=1S/C12H21N3O2/c1-6-15(7-2)11-13-10(17-14-11)8-9(16)12(3,4)5/h6-8H2,1-5H3. The molecule has 0 aromatic carbocycles. The van der Waals surface area contributed by atoms with Crippen LogP contribution in [0.3, 0.4) is 0 Å². The molecule has 0 bridgehead atoms. The van der Waals surface area contributed by atoms with Gasteiger partial charge in [0.15, 0.2) is 0 Å². The second-order valence-electron chi connectivity index (χ2n) is 5.01. The molecule has 1 heterocycles. The van der Waals surface area contributed by atoms with Gasteiger partial charge in [-0.25, -0.2) is 0 Å². The smallest absolute Gasteiger partial charge is 0.266 e. The van der Waals surface area contributed by atoms with Gasteiger partial charge in [-0.05, 0) is 19.0 Å². The van der Waals surface area contributed by atoms with Crippen molar-refractivity contribution in [2.45, 2.75) is 41.0 Å². The van der Waals surface area contributed by atoms with Crippen LogP contribution in [0.4, 0.5) is 5.95 Å². The summed E-state index contributed by atoms with van der Waals surface area (Å²) >= 11 is 0. The van der Waals surface area contributed by atoms with E-state index in [1.165, 1.54) is 0 Å². The van der Waals surface area contributed by atoms with Crippen molar-refractivity contribution in [3.05, 3.63) is 5.89 Å². The first-order valence-electron chi connectivity index (χ1n) is 5.99. The van der Waals surface area contributed by atoms with Crippen LogP contribution in [0.1, 0.15) is 40.5 Å². The van der Waals surface area contributed by atoms with Gasteiger partial charge >= 0.3 is 0 Å². The van der Waals surface area contributed by atoms with Crippen LogP contribution in [0.15, 0.2) is 4.52 Å². The van der Waals surface area contributed by atoms with E-state index >= 15 is 0 Å². The van der Waals surface area contributed by atoms with E-state index in [4.69, 9.17) is 4.52 Å². The SMILES string of the molecule is CCN(CC)c1noc(CC(=O)C(C)(C)C)n1. The molecule has 0 saturated heterocycles. The highest BCUT2D eigenvalue weighted by molar-refractivity contribution is 5.84. The van der Waals surface area contributed by atoms with Crippen molar-refractivity contribution >= 4 is 11.7 Å². The molecule has 1 rings (SSSR count). The molecule has 0 aliphatic heterocycles. The first-order valence-corrected chi connectivity index (χ1v) is 5.99. The van der Waals surface area contributed by atoms with Crippen LogP contribution in [0.5, 0.6) is 0 Å². The van der Waals surface area contributed by atoms with E-state index in [-0.39, 0.29) is 17.6 Å². The summed E-state index contributed by atoms with van der Waals surface area (Å²) in [4.78, 5) is 18.0. The van der Waals surface area contributed by atoms with Crippen LogP contribution in [0.2, 0.25) is 0 Å². The first kappa shape index (κ1) is 13.7. The Morgan fingerprint density at radius 1 is 1.29 bits per heavy atom. The molecule has 0 amide bonds. The zero-order valence-electron chi connectivity index (χ0n) is 11.3. The fourth-order valence-corrected chi connectivity index (χ4v) is 1.36. The Kier molecular flexibility index (Phi) is 4.26. The Hall–Kier alpha value is -1.39. The van der Waals surface area contributed by atoms with Crippen molar-refractivity contribution in [2.75, 3.05) is 18.0 Å². The highest BCUT2D eigenvalue weighted by atomic mass is 16.5. The maximum Gasteiger partial charge on any atom is 0.266 e. The summed E-state index contributed by atoms with van der Waals surface area (Å²) in [5, 5.41) is 3.88. The van der Waals surface area contributed by atoms with Crippen molar-refractivity contribution in [2.24, 2.45) is 5.41 Å². The fourth-order valence-electron chi connectivity index (χ4n) is 1.36. The van der Waals surface area contributed by atoms with Gasteiger partial charge in [0.05, 0.1) is 6.42 Å². The Morgan fingerprint density at radius 3 is 2.35 bits per heavy atom. The van der Waals surface area contributed by atoms with Gasteiger partial charge in [-0.2, -0.15) is 4.98 Å². The number of ketones is 1. The molecule has 1 aromatic heterocycles. The van der Waals surface area contributed by atoms with Gasteiger partial charge in [0.2, 0.25) is 5.89 Å². The Labute approximate surface area is 102 Å².